The van der Waals surface area contributed by atoms with Crippen LogP contribution in [0.25, 0.3) is 10.9 Å². The second-order valence-corrected chi connectivity index (χ2v) is 7.45. The van der Waals surface area contributed by atoms with E-state index < -0.39 is 0 Å². The number of amides is 2. The lowest BCUT2D eigenvalue weighted by atomic mass is 10.1. The fourth-order valence-electron chi connectivity index (χ4n) is 2.34. The van der Waals surface area contributed by atoms with Crippen molar-refractivity contribution in [3.63, 3.8) is 0 Å². The Hall–Kier alpha value is -1.82. The van der Waals surface area contributed by atoms with Crippen molar-refractivity contribution in [2.24, 2.45) is 0 Å². The van der Waals surface area contributed by atoms with Gasteiger partial charge in [0.15, 0.2) is 0 Å². The summed E-state index contributed by atoms with van der Waals surface area (Å²) in [6.07, 6.45) is 0. The Morgan fingerprint density at radius 3 is 2.57 bits per heavy atom. The molecule has 0 atom stereocenters. The van der Waals surface area contributed by atoms with Crippen molar-refractivity contribution in [2.45, 2.75) is 33.2 Å². The number of hydrogen-bond acceptors (Lipinski definition) is 2. The van der Waals surface area contributed by atoms with Crippen molar-refractivity contribution < 1.29 is 9.59 Å². The van der Waals surface area contributed by atoms with Crippen molar-refractivity contribution in [3.05, 3.63) is 34.4 Å². The first-order chi connectivity index (χ1) is 10.7. The lowest BCUT2D eigenvalue weighted by molar-refractivity contribution is -0.123. The van der Waals surface area contributed by atoms with E-state index in [1.54, 1.807) is 0 Å². The Balaban J connectivity index is 2.16. The third kappa shape index (κ3) is 4.58. The molecule has 0 bridgehead atoms. The first-order valence-corrected chi connectivity index (χ1v) is 8.37. The first-order valence-electron chi connectivity index (χ1n) is 7.58. The minimum Gasteiger partial charge on any atom is -0.350 e. The summed E-state index contributed by atoms with van der Waals surface area (Å²) in [6.45, 7) is 8.12. The third-order valence-corrected chi connectivity index (χ3v) is 3.83. The molecule has 1 aromatic carbocycles. The summed E-state index contributed by atoms with van der Waals surface area (Å²) in [5.41, 5.74) is 1.06. The number of H-pyrrole nitrogens is 1. The van der Waals surface area contributed by atoms with Crippen LogP contribution in [0, 0.1) is 0 Å². The van der Waals surface area contributed by atoms with Gasteiger partial charge in [-0.05, 0) is 45.9 Å². The molecule has 0 unspecified atom stereocenters. The fraction of sp³-hybridized carbons (Fsp3) is 0.412. The number of hydrogen-bond donors (Lipinski definition) is 2. The molecular weight excluding hydrogens is 358 g/mol. The number of benzene rings is 1. The van der Waals surface area contributed by atoms with Gasteiger partial charge in [0, 0.05) is 27.5 Å². The van der Waals surface area contributed by atoms with E-state index in [4.69, 9.17) is 0 Å². The van der Waals surface area contributed by atoms with Gasteiger partial charge in [-0.15, -0.1) is 0 Å². The Bertz CT molecular complexity index is 731. The summed E-state index contributed by atoms with van der Waals surface area (Å²) >= 11 is 3.41. The minimum absolute atomic E-state index is 0.0473. The molecule has 1 heterocycles. The molecule has 5 nitrogen and oxygen atoms in total. The highest BCUT2D eigenvalue weighted by atomic mass is 79.9. The molecule has 6 heteroatoms. The number of carbonyl (C=O) groups excluding carboxylic acids is 2. The van der Waals surface area contributed by atoms with Gasteiger partial charge in [-0.1, -0.05) is 22.0 Å². The smallest absolute Gasteiger partial charge is 0.270 e. The van der Waals surface area contributed by atoms with E-state index in [0.717, 1.165) is 15.4 Å². The Kier molecular flexibility index (Phi) is 5.14. The SMILES string of the molecule is CCN(CC(=O)NC(C)(C)C)C(=O)c1cc2ccc(Br)cc2[nH]1. The lowest BCUT2D eigenvalue weighted by Gasteiger charge is -2.24. The van der Waals surface area contributed by atoms with Crippen molar-refractivity contribution in [1.82, 2.24) is 15.2 Å². The lowest BCUT2D eigenvalue weighted by Crippen LogP contribution is -2.47. The summed E-state index contributed by atoms with van der Waals surface area (Å²) < 4.78 is 0.947. The maximum atomic E-state index is 12.6. The molecule has 23 heavy (non-hydrogen) atoms. The normalized spacial score (nSPS) is 11.5. The number of carbonyl (C=O) groups is 2. The van der Waals surface area contributed by atoms with Crippen molar-refractivity contribution in [2.75, 3.05) is 13.1 Å². The van der Waals surface area contributed by atoms with E-state index in [9.17, 15) is 9.59 Å². The first kappa shape index (κ1) is 17.5. The summed E-state index contributed by atoms with van der Waals surface area (Å²) in [5.74, 6) is -0.338. The van der Waals surface area contributed by atoms with E-state index >= 15 is 0 Å². The summed E-state index contributed by atoms with van der Waals surface area (Å²) in [4.78, 5) is 29.3. The summed E-state index contributed by atoms with van der Waals surface area (Å²) in [7, 11) is 0. The highest BCUT2D eigenvalue weighted by Crippen LogP contribution is 2.21. The van der Waals surface area contributed by atoms with Crippen LogP contribution in [-0.4, -0.2) is 40.3 Å². The molecule has 2 N–H and O–H groups in total. The van der Waals surface area contributed by atoms with E-state index in [0.29, 0.717) is 12.2 Å². The van der Waals surface area contributed by atoms with Gasteiger partial charge in [0.2, 0.25) is 5.91 Å². The molecule has 0 aliphatic heterocycles. The van der Waals surface area contributed by atoms with Gasteiger partial charge in [-0.2, -0.15) is 0 Å². The molecule has 0 fully saturated rings. The largest absolute Gasteiger partial charge is 0.350 e. The molecule has 0 aliphatic rings. The molecule has 0 saturated heterocycles. The topological polar surface area (TPSA) is 65.2 Å². The fourth-order valence-corrected chi connectivity index (χ4v) is 2.70. The van der Waals surface area contributed by atoms with Gasteiger partial charge in [0.25, 0.3) is 5.91 Å². The molecule has 1 aromatic heterocycles. The average Bonchev–Trinajstić information content (AvgIpc) is 2.85. The van der Waals surface area contributed by atoms with Crippen molar-refractivity contribution in [1.29, 1.82) is 0 Å². The molecule has 0 aliphatic carbocycles. The summed E-state index contributed by atoms with van der Waals surface area (Å²) in [6, 6.07) is 7.61. The molecule has 2 aromatic rings. The summed E-state index contributed by atoms with van der Waals surface area (Å²) in [5, 5.41) is 3.84. The molecule has 124 valence electrons. The number of fused-ring (bicyclic) bond motifs is 1. The van der Waals surface area contributed by atoms with Crippen LogP contribution in [0.4, 0.5) is 0 Å². The van der Waals surface area contributed by atoms with Crippen LogP contribution in [0.3, 0.4) is 0 Å². The number of likely N-dealkylation sites (N-methyl/N-ethyl adjacent to an activating group) is 1. The zero-order valence-electron chi connectivity index (χ0n) is 13.9. The van der Waals surface area contributed by atoms with E-state index in [-0.39, 0.29) is 23.9 Å². The van der Waals surface area contributed by atoms with Crippen LogP contribution < -0.4 is 5.32 Å². The van der Waals surface area contributed by atoms with Gasteiger partial charge < -0.3 is 15.2 Å². The zero-order chi connectivity index (χ0) is 17.2. The van der Waals surface area contributed by atoms with Crippen LogP contribution in [-0.2, 0) is 4.79 Å². The van der Waals surface area contributed by atoms with Gasteiger partial charge in [-0.25, -0.2) is 0 Å². The van der Waals surface area contributed by atoms with E-state index in [2.05, 4.69) is 26.2 Å². The highest BCUT2D eigenvalue weighted by Gasteiger charge is 2.21. The maximum absolute atomic E-state index is 12.6. The van der Waals surface area contributed by atoms with Crippen LogP contribution in [0.15, 0.2) is 28.7 Å². The second-order valence-electron chi connectivity index (χ2n) is 6.53. The molecular formula is C17H22BrN3O2. The third-order valence-electron chi connectivity index (χ3n) is 3.33. The standard InChI is InChI=1S/C17H22BrN3O2/c1-5-21(10-15(22)20-17(2,3)4)16(23)14-8-11-6-7-12(18)9-13(11)19-14/h6-9,19H,5,10H2,1-4H3,(H,20,22). The van der Waals surface area contributed by atoms with Crippen LogP contribution in [0.5, 0.6) is 0 Å². The number of rotatable bonds is 4. The van der Waals surface area contributed by atoms with Gasteiger partial charge in [0.05, 0.1) is 6.54 Å². The monoisotopic (exact) mass is 379 g/mol. The Morgan fingerprint density at radius 1 is 1.26 bits per heavy atom. The van der Waals surface area contributed by atoms with Crippen LogP contribution >= 0.6 is 15.9 Å². The second kappa shape index (κ2) is 6.74. The number of aromatic amines is 1. The van der Waals surface area contributed by atoms with Crippen molar-refractivity contribution in [3.8, 4) is 0 Å². The number of halogens is 1. The molecule has 2 amide bonds. The number of nitrogens with zero attached hydrogens (tertiary/aromatic N) is 1. The predicted octanol–water partition coefficient (Wildman–Crippen LogP) is 3.31. The number of aromatic nitrogens is 1. The highest BCUT2D eigenvalue weighted by molar-refractivity contribution is 9.10. The molecule has 0 spiro atoms. The average molecular weight is 380 g/mol. The van der Waals surface area contributed by atoms with Gasteiger partial charge >= 0.3 is 0 Å². The van der Waals surface area contributed by atoms with E-state index in [1.165, 1.54) is 4.90 Å². The van der Waals surface area contributed by atoms with Crippen LogP contribution in [0.2, 0.25) is 0 Å². The maximum Gasteiger partial charge on any atom is 0.270 e. The minimum atomic E-state index is -0.313. The zero-order valence-corrected chi connectivity index (χ0v) is 15.5. The quantitative estimate of drug-likeness (QED) is 0.855. The molecule has 0 radical (unpaired) electrons. The molecule has 2 rings (SSSR count). The Labute approximate surface area is 144 Å². The van der Waals surface area contributed by atoms with Crippen LogP contribution in [0.1, 0.15) is 38.2 Å². The van der Waals surface area contributed by atoms with Gasteiger partial charge in [0.1, 0.15) is 5.69 Å². The van der Waals surface area contributed by atoms with E-state index in [1.807, 2.05) is 52.0 Å². The predicted molar refractivity (Wildman–Crippen MR) is 95.5 cm³/mol. The molecule has 0 saturated carbocycles. The number of nitrogens with one attached hydrogen (secondary N) is 2. The van der Waals surface area contributed by atoms with Gasteiger partial charge in [-0.3, -0.25) is 9.59 Å². The Morgan fingerprint density at radius 2 is 1.96 bits per heavy atom. The van der Waals surface area contributed by atoms with Crippen molar-refractivity contribution >= 4 is 38.6 Å².